The molecule has 0 bridgehead atoms. The van der Waals surface area contributed by atoms with E-state index in [4.69, 9.17) is 11.6 Å². The van der Waals surface area contributed by atoms with E-state index < -0.39 is 24.7 Å². The lowest BCUT2D eigenvalue weighted by Gasteiger charge is -2.12. The fourth-order valence-electron chi connectivity index (χ4n) is 1.34. The van der Waals surface area contributed by atoms with Crippen LogP contribution in [0.2, 0.25) is 0 Å². The zero-order valence-corrected chi connectivity index (χ0v) is 11.1. The molecule has 1 amide bonds. The number of hydrogen-bond acceptors (Lipinski definition) is 3. The first kappa shape index (κ1) is 16.6. The molecule has 20 heavy (non-hydrogen) atoms. The van der Waals surface area contributed by atoms with Crippen LogP contribution in [0.3, 0.4) is 0 Å². The molecule has 3 N–H and O–H groups in total. The molecule has 0 saturated heterocycles. The van der Waals surface area contributed by atoms with Crippen LogP contribution in [-0.2, 0) is 0 Å². The molecule has 0 fully saturated rings. The van der Waals surface area contributed by atoms with E-state index in [0.29, 0.717) is 5.69 Å². The maximum atomic E-state index is 12.0. The topological polar surface area (TPSA) is 61.4 Å². The number of halogens is 4. The summed E-state index contributed by atoms with van der Waals surface area (Å²) in [6.45, 7) is -1.20. The standard InChI is InChI=1S/C12H14ClF3N2O2/c13-5-10(19)6-17-9-3-1-2-8(4-9)11(20)18-7-12(14,15)16/h1-4,10,17,19H,5-7H2,(H,18,20). The highest BCUT2D eigenvalue weighted by atomic mass is 35.5. The largest absolute Gasteiger partial charge is 0.405 e. The summed E-state index contributed by atoms with van der Waals surface area (Å²) in [7, 11) is 0. The summed E-state index contributed by atoms with van der Waals surface area (Å²) >= 11 is 5.42. The van der Waals surface area contributed by atoms with Crippen LogP contribution in [0, 0.1) is 0 Å². The van der Waals surface area contributed by atoms with Crippen LogP contribution in [-0.4, -0.2) is 42.3 Å². The van der Waals surface area contributed by atoms with Gasteiger partial charge < -0.3 is 15.7 Å². The molecule has 1 aromatic carbocycles. The van der Waals surface area contributed by atoms with Crippen molar-refractivity contribution in [2.75, 3.05) is 24.3 Å². The summed E-state index contributed by atoms with van der Waals surface area (Å²) in [5.41, 5.74) is 0.605. The molecule has 0 aliphatic rings. The molecule has 8 heteroatoms. The number of alkyl halides is 4. The van der Waals surface area contributed by atoms with E-state index in [0.717, 1.165) is 0 Å². The number of aliphatic hydroxyl groups is 1. The van der Waals surface area contributed by atoms with Gasteiger partial charge in [-0.25, -0.2) is 0 Å². The summed E-state index contributed by atoms with van der Waals surface area (Å²) in [4.78, 5) is 11.5. The predicted molar refractivity (Wildman–Crippen MR) is 70.0 cm³/mol. The maximum absolute atomic E-state index is 12.0. The Balaban J connectivity index is 2.60. The van der Waals surface area contributed by atoms with Crippen molar-refractivity contribution in [3.63, 3.8) is 0 Å². The third-order valence-corrected chi connectivity index (χ3v) is 2.65. The number of nitrogens with one attached hydrogen (secondary N) is 2. The van der Waals surface area contributed by atoms with E-state index in [1.54, 1.807) is 11.4 Å². The Bertz CT molecular complexity index is 455. The van der Waals surface area contributed by atoms with Crippen molar-refractivity contribution >= 4 is 23.2 Å². The first-order chi connectivity index (χ1) is 9.31. The fraction of sp³-hybridized carbons (Fsp3) is 0.417. The molecule has 0 aromatic heterocycles. The first-order valence-electron chi connectivity index (χ1n) is 5.75. The summed E-state index contributed by atoms with van der Waals surface area (Å²) in [5.74, 6) is -0.762. The molecule has 4 nitrogen and oxygen atoms in total. The summed E-state index contributed by atoms with van der Waals surface area (Å²) in [5, 5.41) is 13.9. The van der Waals surface area contributed by atoms with E-state index >= 15 is 0 Å². The van der Waals surface area contributed by atoms with Crippen LogP contribution in [0.5, 0.6) is 0 Å². The van der Waals surface area contributed by atoms with E-state index in [1.165, 1.54) is 18.2 Å². The Morgan fingerprint density at radius 1 is 1.40 bits per heavy atom. The Morgan fingerprint density at radius 3 is 2.70 bits per heavy atom. The van der Waals surface area contributed by atoms with E-state index in [1.807, 2.05) is 0 Å². The van der Waals surface area contributed by atoms with Crippen LogP contribution < -0.4 is 10.6 Å². The SMILES string of the molecule is O=C(NCC(F)(F)F)c1cccc(NCC(O)CCl)c1. The van der Waals surface area contributed by atoms with Gasteiger partial charge in [-0.2, -0.15) is 13.2 Å². The van der Waals surface area contributed by atoms with E-state index in [2.05, 4.69) is 5.32 Å². The first-order valence-corrected chi connectivity index (χ1v) is 6.28. The quantitative estimate of drug-likeness (QED) is 0.704. The summed E-state index contributed by atoms with van der Waals surface area (Å²) in [6.07, 6.45) is -5.20. The smallest absolute Gasteiger partial charge is 0.390 e. The molecule has 0 spiro atoms. The monoisotopic (exact) mass is 310 g/mol. The molecule has 112 valence electrons. The van der Waals surface area contributed by atoms with Gasteiger partial charge in [0.1, 0.15) is 6.54 Å². The number of rotatable bonds is 6. The number of aliphatic hydroxyl groups excluding tert-OH is 1. The minimum Gasteiger partial charge on any atom is -0.390 e. The van der Waals surface area contributed by atoms with Crippen molar-refractivity contribution < 1.29 is 23.1 Å². The normalized spacial score (nSPS) is 12.8. The van der Waals surface area contributed by atoms with Crippen LogP contribution in [0.15, 0.2) is 24.3 Å². The Morgan fingerprint density at radius 2 is 2.10 bits per heavy atom. The van der Waals surface area contributed by atoms with Crippen molar-refractivity contribution in [2.45, 2.75) is 12.3 Å². The van der Waals surface area contributed by atoms with Gasteiger partial charge in [0, 0.05) is 17.8 Å². The number of hydrogen-bond donors (Lipinski definition) is 3. The van der Waals surface area contributed by atoms with E-state index in [9.17, 15) is 23.1 Å². The highest BCUT2D eigenvalue weighted by Crippen LogP contribution is 2.14. The predicted octanol–water partition coefficient (Wildman–Crippen LogP) is 1.99. The highest BCUT2D eigenvalue weighted by molar-refractivity contribution is 6.18. The molecule has 1 rings (SSSR count). The van der Waals surface area contributed by atoms with Crippen LogP contribution in [0.4, 0.5) is 18.9 Å². The Labute approximate surface area is 118 Å². The lowest BCUT2D eigenvalue weighted by Crippen LogP contribution is -2.33. The highest BCUT2D eigenvalue weighted by Gasteiger charge is 2.27. The average Bonchev–Trinajstić information content (AvgIpc) is 2.41. The number of amides is 1. The van der Waals surface area contributed by atoms with Gasteiger partial charge in [-0.3, -0.25) is 4.79 Å². The number of carbonyl (C=O) groups is 1. The van der Waals surface area contributed by atoms with Crippen LogP contribution in [0.25, 0.3) is 0 Å². The second-order valence-electron chi connectivity index (χ2n) is 4.07. The van der Waals surface area contributed by atoms with Gasteiger partial charge in [-0.15, -0.1) is 11.6 Å². The van der Waals surface area contributed by atoms with Crippen molar-refractivity contribution in [2.24, 2.45) is 0 Å². The third kappa shape index (κ3) is 6.12. The number of benzene rings is 1. The zero-order chi connectivity index (χ0) is 15.2. The van der Waals surface area contributed by atoms with Gasteiger partial charge in [0.2, 0.25) is 0 Å². The van der Waals surface area contributed by atoms with Crippen molar-refractivity contribution in [1.82, 2.24) is 5.32 Å². The molecular weight excluding hydrogens is 297 g/mol. The number of anilines is 1. The molecule has 1 unspecified atom stereocenters. The van der Waals surface area contributed by atoms with Crippen LogP contribution in [0.1, 0.15) is 10.4 Å². The van der Waals surface area contributed by atoms with Gasteiger partial charge in [-0.1, -0.05) is 6.07 Å². The Kier molecular flexibility index (Phi) is 6.09. The minimum atomic E-state index is -4.45. The second kappa shape index (κ2) is 7.35. The fourth-order valence-corrected chi connectivity index (χ4v) is 1.45. The molecule has 1 atom stereocenters. The van der Waals surface area contributed by atoms with Gasteiger partial charge in [0.15, 0.2) is 0 Å². The lowest BCUT2D eigenvalue weighted by atomic mass is 10.2. The molecule has 0 heterocycles. The van der Waals surface area contributed by atoms with E-state index in [-0.39, 0.29) is 18.0 Å². The molecular formula is C12H14ClF3N2O2. The van der Waals surface area contributed by atoms with Crippen molar-refractivity contribution in [3.8, 4) is 0 Å². The lowest BCUT2D eigenvalue weighted by molar-refractivity contribution is -0.123. The molecule has 0 aliphatic heterocycles. The Hall–Kier alpha value is -1.47. The second-order valence-corrected chi connectivity index (χ2v) is 4.38. The van der Waals surface area contributed by atoms with Gasteiger partial charge in [-0.05, 0) is 18.2 Å². The molecule has 0 radical (unpaired) electrons. The summed E-state index contributed by atoms with van der Waals surface area (Å²) in [6, 6.07) is 5.95. The van der Waals surface area contributed by atoms with Gasteiger partial charge in [0.05, 0.1) is 12.0 Å². The summed E-state index contributed by atoms with van der Waals surface area (Å²) < 4.78 is 36.0. The molecule has 1 aromatic rings. The maximum Gasteiger partial charge on any atom is 0.405 e. The van der Waals surface area contributed by atoms with Crippen LogP contribution >= 0.6 is 11.6 Å². The molecule has 0 saturated carbocycles. The third-order valence-electron chi connectivity index (χ3n) is 2.29. The van der Waals surface area contributed by atoms with Gasteiger partial charge >= 0.3 is 6.18 Å². The zero-order valence-electron chi connectivity index (χ0n) is 10.4. The molecule has 0 aliphatic carbocycles. The van der Waals surface area contributed by atoms with Crippen molar-refractivity contribution in [3.05, 3.63) is 29.8 Å². The van der Waals surface area contributed by atoms with Crippen molar-refractivity contribution in [1.29, 1.82) is 0 Å². The minimum absolute atomic E-state index is 0.0543. The number of carbonyl (C=O) groups excluding carboxylic acids is 1. The average molecular weight is 311 g/mol. The van der Waals surface area contributed by atoms with Gasteiger partial charge in [0.25, 0.3) is 5.91 Å².